The fraction of sp³-hybridized carbons (Fsp3) is 0.321. The van der Waals surface area contributed by atoms with E-state index < -0.39 is 64.6 Å². The van der Waals surface area contributed by atoms with Crippen molar-refractivity contribution in [3.8, 4) is 17.0 Å². The van der Waals surface area contributed by atoms with Crippen molar-refractivity contribution in [2.24, 2.45) is 0 Å². The van der Waals surface area contributed by atoms with Crippen molar-refractivity contribution in [1.29, 1.82) is 0 Å². The van der Waals surface area contributed by atoms with E-state index in [1.54, 1.807) is 13.0 Å². The number of aliphatic hydroxyl groups excluding tert-OH is 1. The molecular formula is C28H26F6N4O4. The zero-order chi connectivity index (χ0) is 31.2. The van der Waals surface area contributed by atoms with Gasteiger partial charge in [-0.1, -0.05) is 0 Å². The van der Waals surface area contributed by atoms with E-state index in [0.717, 1.165) is 38.1 Å². The molecule has 4 N–H and O–H groups in total. The first kappa shape index (κ1) is 31.1. The Kier molecular flexibility index (Phi) is 8.21. The summed E-state index contributed by atoms with van der Waals surface area (Å²) < 4.78 is 93.3. The number of benzene rings is 2. The molecule has 0 radical (unpaired) electrons. The van der Waals surface area contributed by atoms with Crippen LogP contribution in [0.1, 0.15) is 42.6 Å². The largest absolute Gasteiger partial charge is 0.494 e. The maximum atomic E-state index is 15.7. The first-order valence-corrected chi connectivity index (χ1v) is 12.4. The molecule has 224 valence electrons. The van der Waals surface area contributed by atoms with E-state index in [4.69, 9.17) is 4.74 Å². The Morgan fingerprint density at radius 1 is 0.952 bits per heavy atom. The number of aryl methyl sites for hydroxylation is 1. The van der Waals surface area contributed by atoms with Crippen LogP contribution in [0.25, 0.3) is 22.2 Å². The van der Waals surface area contributed by atoms with E-state index >= 15 is 8.78 Å². The fourth-order valence-electron chi connectivity index (χ4n) is 4.40. The Hall–Kier alpha value is -3.85. The lowest BCUT2D eigenvalue weighted by Crippen LogP contribution is -2.52. The van der Waals surface area contributed by atoms with Crippen LogP contribution in [0.4, 0.5) is 26.3 Å². The van der Waals surface area contributed by atoms with Crippen molar-refractivity contribution in [1.82, 2.24) is 20.5 Å². The number of halogens is 6. The van der Waals surface area contributed by atoms with Crippen molar-refractivity contribution in [3.63, 3.8) is 0 Å². The number of nitrogens with zero attached hydrogens (tertiary/aromatic N) is 3. The zero-order valence-electron chi connectivity index (χ0n) is 22.7. The standard InChI is InChI=1S/C28H26F6N4O4/c1-13-9-15-10-16(11-18(42-4)22(15)38-37-13)25(39)35-12-27(41,28(32,33)34)24-21(31)19(26(2,3)40)20(30)23(36-24)14-5-7-17(29)8-6-14/h5-11,25,35,39-41H,12H2,1-4H3/t25?,27-/m0/s1. The Morgan fingerprint density at radius 3 is 2.17 bits per heavy atom. The molecule has 14 heteroatoms. The van der Waals surface area contributed by atoms with Gasteiger partial charge in [0.05, 0.1) is 24.0 Å². The third-order valence-corrected chi connectivity index (χ3v) is 6.55. The summed E-state index contributed by atoms with van der Waals surface area (Å²) in [5.41, 5.74) is -9.69. The monoisotopic (exact) mass is 596 g/mol. The van der Waals surface area contributed by atoms with E-state index in [-0.39, 0.29) is 16.9 Å². The number of nitrogens with one attached hydrogen (secondary N) is 1. The molecule has 4 aromatic rings. The summed E-state index contributed by atoms with van der Waals surface area (Å²) in [4.78, 5) is 3.50. The van der Waals surface area contributed by atoms with Gasteiger partial charge in [-0.05, 0) is 68.8 Å². The van der Waals surface area contributed by atoms with Crippen LogP contribution in [0.2, 0.25) is 0 Å². The second kappa shape index (κ2) is 11.1. The molecule has 0 fully saturated rings. The average molecular weight is 597 g/mol. The average Bonchev–Trinajstić information content (AvgIpc) is 2.90. The molecule has 0 saturated carbocycles. The van der Waals surface area contributed by atoms with Gasteiger partial charge in [-0.3, -0.25) is 5.32 Å². The molecule has 2 aromatic heterocycles. The Bertz CT molecular complexity index is 1630. The van der Waals surface area contributed by atoms with Crippen LogP contribution >= 0.6 is 0 Å². The predicted octanol–water partition coefficient (Wildman–Crippen LogP) is 4.68. The lowest BCUT2D eigenvalue weighted by Gasteiger charge is -2.33. The SMILES string of the molecule is COc1cc(C(O)NC[C@](O)(c2nc(-c3ccc(F)cc3)c(F)c(C(C)(C)O)c2F)C(F)(F)F)cc2cc(C)nnc12. The van der Waals surface area contributed by atoms with Crippen LogP contribution in [0, 0.1) is 24.4 Å². The smallest absolute Gasteiger partial charge is 0.424 e. The predicted molar refractivity (Wildman–Crippen MR) is 139 cm³/mol. The number of rotatable bonds is 8. The lowest BCUT2D eigenvalue weighted by molar-refractivity contribution is -0.268. The summed E-state index contributed by atoms with van der Waals surface area (Å²) in [7, 11) is 1.31. The molecule has 0 aliphatic rings. The first-order valence-electron chi connectivity index (χ1n) is 12.4. The van der Waals surface area contributed by atoms with Gasteiger partial charge in [0.25, 0.3) is 0 Å². The Morgan fingerprint density at radius 2 is 1.60 bits per heavy atom. The van der Waals surface area contributed by atoms with Gasteiger partial charge in [0.15, 0.2) is 11.6 Å². The number of aliphatic hydroxyl groups is 3. The van der Waals surface area contributed by atoms with Gasteiger partial charge < -0.3 is 20.1 Å². The van der Waals surface area contributed by atoms with E-state index in [0.29, 0.717) is 16.6 Å². The van der Waals surface area contributed by atoms with Crippen molar-refractivity contribution >= 4 is 10.9 Å². The van der Waals surface area contributed by atoms with E-state index in [9.17, 15) is 32.9 Å². The number of alkyl halides is 3. The van der Waals surface area contributed by atoms with Gasteiger partial charge >= 0.3 is 6.18 Å². The summed E-state index contributed by atoms with van der Waals surface area (Å²) in [6.45, 7) is 1.95. The zero-order valence-corrected chi connectivity index (χ0v) is 22.7. The molecule has 2 atom stereocenters. The van der Waals surface area contributed by atoms with E-state index in [2.05, 4.69) is 20.5 Å². The van der Waals surface area contributed by atoms with E-state index in [1.165, 1.54) is 19.2 Å². The van der Waals surface area contributed by atoms with Gasteiger partial charge in [-0.2, -0.15) is 18.3 Å². The number of ether oxygens (including phenoxy) is 1. The minimum atomic E-state index is -5.63. The van der Waals surface area contributed by atoms with Crippen LogP contribution in [-0.2, 0) is 11.2 Å². The highest BCUT2D eigenvalue weighted by Crippen LogP contribution is 2.43. The third-order valence-electron chi connectivity index (χ3n) is 6.55. The van der Waals surface area contributed by atoms with Crippen molar-refractivity contribution in [2.75, 3.05) is 13.7 Å². The molecule has 2 aromatic carbocycles. The molecule has 0 saturated heterocycles. The van der Waals surface area contributed by atoms with Gasteiger partial charge in [0, 0.05) is 17.5 Å². The topological polar surface area (TPSA) is 121 Å². The molecule has 0 bridgehead atoms. The summed E-state index contributed by atoms with van der Waals surface area (Å²) in [6, 6.07) is 8.02. The van der Waals surface area contributed by atoms with E-state index in [1.807, 2.05) is 0 Å². The van der Waals surface area contributed by atoms with Crippen LogP contribution in [0.15, 0.2) is 42.5 Å². The molecule has 0 amide bonds. The van der Waals surface area contributed by atoms with Gasteiger partial charge in [0.2, 0.25) is 5.60 Å². The van der Waals surface area contributed by atoms with Gasteiger partial charge in [-0.25, -0.2) is 18.2 Å². The number of aromatic nitrogens is 3. The molecular weight excluding hydrogens is 570 g/mol. The highest BCUT2D eigenvalue weighted by atomic mass is 19.4. The van der Waals surface area contributed by atoms with Gasteiger partial charge in [-0.15, -0.1) is 5.10 Å². The highest BCUT2D eigenvalue weighted by Gasteiger charge is 2.58. The molecule has 0 spiro atoms. The maximum absolute atomic E-state index is 15.7. The van der Waals surface area contributed by atoms with Crippen LogP contribution < -0.4 is 10.1 Å². The third kappa shape index (κ3) is 5.75. The van der Waals surface area contributed by atoms with Crippen LogP contribution in [0.3, 0.4) is 0 Å². The number of pyridine rings is 1. The maximum Gasteiger partial charge on any atom is 0.424 e. The number of hydrogen-bond acceptors (Lipinski definition) is 8. The quantitative estimate of drug-likeness (QED) is 0.171. The van der Waals surface area contributed by atoms with Crippen LogP contribution in [-0.4, -0.2) is 50.3 Å². The van der Waals surface area contributed by atoms with Crippen molar-refractivity contribution in [3.05, 3.63) is 82.4 Å². The minimum Gasteiger partial charge on any atom is -0.494 e. The lowest BCUT2D eigenvalue weighted by atomic mass is 9.89. The molecule has 42 heavy (non-hydrogen) atoms. The molecule has 8 nitrogen and oxygen atoms in total. The van der Waals surface area contributed by atoms with Crippen LogP contribution in [0.5, 0.6) is 5.75 Å². The number of methoxy groups -OCH3 is 1. The summed E-state index contributed by atoms with van der Waals surface area (Å²) in [5, 5.41) is 42.7. The molecule has 0 aliphatic heterocycles. The summed E-state index contributed by atoms with van der Waals surface area (Å²) >= 11 is 0. The molecule has 2 heterocycles. The number of fused-ring (bicyclic) bond motifs is 1. The van der Waals surface area contributed by atoms with Crippen molar-refractivity contribution in [2.45, 2.75) is 44.4 Å². The molecule has 4 rings (SSSR count). The molecule has 0 aliphatic carbocycles. The fourth-order valence-corrected chi connectivity index (χ4v) is 4.40. The summed E-state index contributed by atoms with van der Waals surface area (Å²) in [5.74, 6) is -4.06. The normalized spacial score (nSPS) is 14.6. The van der Waals surface area contributed by atoms with Crippen molar-refractivity contribution < 1.29 is 46.4 Å². The van der Waals surface area contributed by atoms with Gasteiger partial charge in [0.1, 0.15) is 34.7 Å². The summed E-state index contributed by atoms with van der Waals surface area (Å²) in [6.07, 6.45) is -7.49. The first-order chi connectivity index (χ1) is 19.5. The Labute approximate surface area is 235 Å². The minimum absolute atomic E-state index is 0.00740. The second-order valence-electron chi connectivity index (χ2n) is 10.2. The highest BCUT2D eigenvalue weighted by molar-refractivity contribution is 5.85. The molecule has 1 unspecified atom stereocenters. The number of hydrogen-bond donors (Lipinski definition) is 4. The second-order valence-corrected chi connectivity index (χ2v) is 10.2. The Balaban J connectivity index is 1.83.